The van der Waals surface area contributed by atoms with E-state index in [4.69, 9.17) is 0 Å². The maximum atomic E-state index is 15.1. The van der Waals surface area contributed by atoms with Crippen LogP contribution >= 0.6 is 0 Å². The van der Waals surface area contributed by atoms with Gasteiger partial charge in [-0.1, -0.05) is 24.3 Å². The van der Waals surface area contributed by atoms with E-state index in [0.717, 1.165) is 30.5 Å². The molecule has 1 unspecified atom stereocenters. The van der Waals surface area contributed by atoms with Crippen LogP contribution in [0.25, 0.3) is 16.9 Å². The van der Waals surface area contributed by atoms with Gasteiger partial charge in [0.25, 0.3) is 5.91 Å². The Balaban J connectivity index is 1.23. The lowest BCUT2D eigenvalue weighted by Crippen LogP contribution is -2.39. The van der Waals surface area contributed by atoms with Gasteiger partial charge in [-0.3, -0.25) is 9.59 Å². The molecule has 0 saturated heterocycles. The summed E-state index contributed by atoms with van der Waals surface area (Å²) in [5.41, 5.74) is 5.26. The molecule has 8 nitrogen and oxygen atoms in total. The molecule has 1 amide bonds. The molecule has 0 spiro atoms. The number of amides is 1. The summed E-state index contributed by atoms with van der Waals surface area (Å²) in [5, 5.41) is 13.8. The number of carboxylic acid groups (broad SMARTS) is 1. The van der Waals surface area contributed by atoms with Gasteiger partial charge in [-0.2, -0.15) is 9.49 Å². The minimum atomic E-state index is -0.881. The number of fused-ring (bicyclic) bond motifs is 2. The van der Waals surface area contributed by atoms with Gasteiger partial charge in [-0.25, -0.2) is 14.5 Å². The first-order valence-corrected chi connectivity index (χ1v) is 13.1. The van der Waals surface area contributed by atoms with Gasteiger partial charge in [0.15, 0.2) is 5.65 Å². The average molecular weight is 512 g/mol. The summed E-state index contributed by atoms with van der Waals surface area (Å²) in [4.78, 5) is 35.5. The molecule has 0 radical (unpaired) electrons. The lowest BCUT2D eigenvalue weighted by Gasteiger charge is -2.35. The molecule has 4 aromatic rings. The van der Waals surface area contributed by atoms with Crippen LogP contribution in [0, 0.1) is 11.9 Å². The highest BCUT2D eigenvalue weighted by Crippen LogP contribution is 2.47. The second-order valence-corrected chi connectivity index (χ2v) is 10.6. The molecule has 4 heterocycles. The molecule has 3 atom stereocenters. The zero-order valence-corrected chi connectivity index (χ0v) is 20.8. The first-order chi connectivity index (χ1) is 18.4. The van der Waals surface area contributed by atoms with Gasteiger partial charge in [0.05, 0.1) is 23.2 Å². The molecule has 38 heavy (non-hydrogen) atoms. The lowest BCUT2D eigenvalue weighted by molar-refractivity contribution is -0.138. The molecule has 2 aliphatic carbocycles. The van der Waals surface area contributed by atoms with Gasteiger partial charge in [0.2, 0.25) is 5.95 Å². The van der Waals surface area contributed by atoms with Crippen molar-refractivity contribution in [3.05, 3.63) is 82.7 Å². The number of nitrogens with zero attached hydrogens (tertiary/aromatic N) is 5. The quantitative estimate of drug-likeness (QED) is 0.388. The molecule has 1 aromatic carbocycles. The van der Waals surface area contributed by atoms with Crippen LogP contribution in [0.2, 0.25) is 0 Å². The third-order valence-electron chi connectivity index (χ3n) is 8.16. The highest BCUT2D eigenvalue weighted by atomic mass is 19.1. The summed E-state index contributed by atoms with van der Waals surface area (Å²) in [6, 6.07) is 15.0. The zero-order chi connectivity index (χ0) is 26.1. The van der Waals surface area contributed by atoms with Crippen LogP contribution in [0.3, 0.4) is 0 Å². The molecule has 0 bridgehead atoms. The topological polar surface area (TPSA) is 101 Å². The second-order valence-electron chi connectivity index (χ2n) is 10.6. The molecule has 3 aromatic heterocycles. The molecule has 9 heteroatoms. The number of rotatable bonds is 5. The molecule has 1 N–H and O–H groups in total. The van der Waals surface area contributed by atoms with E-state index in [1.165, 1.54) is 5.56 Å². The fourth-order valence-electron chi connectivity index (χ4n) is 5.75. The van der Waals surface area contributed by atoms with Crippen molar-refractivity contribution in [2.75, 3.05) is 6.54 Å². The van der Waals surface area contributed by atoms with Gasteiger partial charge in [0.1, 0.15) is 5.69 Å². The monoisotopic (exact) mass is 511 g/mol. The Bertz CT molecular complexity index is 1630. The number of aromatic nitrogens is 4. The van der Waals surface area contributed by atoms with Gasteiger partial charge >= 0.3 is 5.97 Å². The number of hydrogen-bond acceptors (Lipinski definition) is 5. The first kappa shape index (κ1) is 23.0. The van der Waals surface area contributed by atoms with Crippen molar-refractivity contribution in [1.29, 1.82) is 0 Å². The molecular formula is C29H26FN5O3. The normalized spacial score (nSPS) is 22.4. The van der Waals surface area contributed by atoms with Gasteiger partial charge in [-0.05, 0) is 61.9 Å². The van der Waals surface area contributed by atoms with Crippen molar-refractivity contribution in [2.24, 2.45) is 5.92 Å². The van der Waals surface area contributed by atoms with Crippen LogP contribution in [-0.4, -0.2) is 48.0 Å². The Morgan fingerprint density at radius 2 is 1.89 bits per heavy atom. The summed E-state index contributed by atoms with van der Waals surface area (Å²) >= 11 is 0. The van der Waals surface area contributed by atoms with E-state index >= 15 is 4.39 Å². The Labute approximate surface area is 218 Å². The predicted molar refractivity (Wildman–Crippen MR) is 136 cm³/mol. The van der Waals surface area contributed by atoms with Gasteiger partial charge < -0.3 is 10.0 Å². The van der Waals surface area contributed by atoms with E-state index in [-0.39, 0.29) is 29.3 Å². The molecule has 3 aliphatic rings. The van der Waals surface area contributed by atoms with Gasteiger partial charge in [-0.15, -0.1) is 0 Å². The smallest absolute Gasteiger partial charge is 0.307 e. The average Bonchev–Trinajstić information content (AvgIpc) is 3.84. The second kappa shape index (κ2) is 8.44. The van der Waals surface area contributed by atoms with Crippen molar-refractivity contribution in [1.82, 2.24) is 24.5 Å². The highest BCUT2D eigenvalue weighted by molar-refractivity contribution is 5.93. The predicted octanol–water partition coefficient (Wildman–Crippen LogP) is 4.76. The van der Waals surface area contributed by atoms with Gasteiger partial charge in [0, 0.05) is 35.8 Å². The van der Waals surface area contributed by atoms with Crippen molar-refractivity contribution >= 4 is 17.5 Å². The van der Waals surface area contributed by atoms with Crippen LogP contribution in [0.4, 0.5) is 4.39 Å². The number of aliphatic carboxylic acids is 1. The zero-order valence-electron chi connectivity index (χ0n) is 20.8. The third-order valence-corrected chi connectivity index (χ3v) is 8.16. The molecule has 2 fully saturated rings. The maximum absolute atomic E-state index is 15.1. The van der Waals surface area contributed by atoms with Crippen molar-refractivity contribution in [3.63, 3.8) is 0 Å². The van der Waals surface area contributed by atoms with Crippen LogP contribution in [0.5, 0.6) is 0 Å². The van der Waals surface area contributed by atoms with E-state index in [0.29, 0.717) is 35.7 Å². The largest absolute Gasteiger partial charge is 0.481 e. The molecule has 7 rings (SSSR count). The lowest BCUT2D eigenvalue weighted by atomic mass is 9.93. The summed E-state index contributed by atoms with van der Waals surface area (Å²) in [5.74, 6) is -2.15. The molecule has 1 aliphatic heterocycles. The number of benzene rings is 1. The summed E-state index contributed by atoms with van der Waals surface area (Å²) in [6.45, 7) is 2.67. The van der Waals surface area contributed by atoms with Crippen LogP contribution < -0.4 is 0 Å². The van der Waals surface area contributed by atoms with Crippen LogP contribution in [-0.2, 0) is 11.2 Å². The number of carboxylic acids is 1. The number of hydrogen-bond donors (Lipinski definition) is 1. The summed E-state index contributed by atoms with van der Waals surface area (Å²) in [7, 11) is 0. The van der Waals surface area contributed by atoms with Crippen molar-refractivity contribution < 1.29 is 19.1 Å². The van der Waals surface area contributed by atoms with Crippen LogP contribution in [0.1, 0.15) is 77.1 Å². The van der Waals surface area contributed by atoms with Crippen molar-refractivity contribution in [2.45, 2.75) is 50.5 Å². The summed E-state index contributed by atoms with van der Waals surface area (Å²) < 4.78 is 16.8. The van der Waals surface area contributed by atoms with E-state index in [2.05, 4.69) is 27.2 Å². The van der Waals surface area contributed by atoms with E-state index in [1.807, 2.05) is 30.0 Å². The Morgan fingerprint density at radius 1 is 1.08 bits per heavy atom. The minimum Gasteiger partial charge on any atom is -0.481 e. The fourth-order valence-corrected chi connectivity index (χ4v) is 5.75. The number of pyridine rings is 1. The number of carbonyl (C=O) groups excluding carboxylic acids is 1. The Morgan fingerprint density at radius 3 is 2.63 bits per heavy atom. The molecular weight excluding hydrogens is 485 g/mol. The molecule has 2 saturated carbocycles. The van der Waals surface area contributed by atoms with E-state index in [9.17, 15) is 14.7 Å². The Kier molecular flexibility index (Phi) is 5.11. The van der Waals surface area contributed by atoms with Crippen molar-refractivity contribution in [3.8, 4) is 11.3 Å². The Hall–Kier alpha value is -4.14. The van der Waals surface area contributed by atoms with E-state index < -0.39 is 17.8 Å². The SMILES string of the molecule is C[C@@H]1c2ccccc2CCN1C(=O)c1cc(C2CC2)n2nc(-c3ccc(C4C[C@H]4C(=O)O)nc3F)cc2n1. The maximum Gasteiger partial charge on any atom is 0.307 e. The first-order valence-electron chi connectivity index (χ1n) is 13.1. The standard InChI is InChI=1S/C29H26FN5O3/c1-15-18-5-3-2-4-16(18)10-11-34(15)28(36)24-13-25(17-6-7-17)35-26(31-24)14-23(33-35)19-8-9-22(32-27(19)30)20-12-21(20)29(37)38/h2-5,8-9,13-15,17,20-21H,6-7,10-12H2,1H3,(H,37,38)/t15-,20?,21-/m1/s1. The fraction of sp³-hybridized carbons (Fsp3) is 0.345. The highest BCUT2D eigenvalue weighted by Gasteiger charge is 2.45. The summed E-state index contributed by atoms with van der Waals surface area (Å²) in [6.07, 6.45) is 3.29. The number of halogens is 1. The number of carbonyl (C=O) groups is 2. The van der Waals surface area contributed by atoms with E-state index in [1.54, 1.807) is 22.7 Å². The third kappa shape index (κ3) is 3.76. The van der Waals surface area contributed by atoms with Crippen LogP contribution in [0.15, 0.2) is 48.5 Å². The minimum absolute atomic E-state index is 0.0544. The molecule has 192 valence electrons.